The first-order valence-electron chi connectivity index (χ1n) is 7.88. The first-order valence-corrected chi connectivity index (χ1v) is 7.88. The minimum absolute atomic E-state index is 0. The molecule has 0 aliphatic heterocycles. The molecule has 4 aromatic rings. The Kier molecular flexibility index (Phi) is 6.45. The summed E-state index contributed by atoms with van der Waals surface area (Å²) in [5.41, 5.74) is 10.8. The van der Waals surface area contributed by atoms with E-state index < -0.39 is 0 Å². The summed E-state index contributed by atoms with van der Waals surface area (Å²) in [4.78, 5) is 4.76. The topological polar surface area (TPSA) is 43.8 Å². The van der Waals surface area contributed by atoms with E-state index in [1.54, 1.807) is 0 Å². The molecule has 0 amide bonds. The van der Waals surface area contributed by atoms with Crippen molar-refractivity contribution in [3.8, 4) is 5.69 Å². The zero-order valence-electron chi connectivity index (χ0n) is 13.9. The number of nitrogens with zero attached hydrogens (tertiary/aromatic N) is 2. The standard InChI is InChI=1S/C21H17N3.2ClH/c22-17-12-13-20-19(15-17)23-21(14-11-16-7-3-1-4-8-16)24(20)18-9-5-2-6-10-18;;/h1-15H,22H2;2*1H/b14-11+;;. The van der Waals surface area contributed by atoms with Crippen molar-refractivity contribution in [1.82, 2.24) is 9.55 Å². The molecule has 0 bridgehead atoms. The average Bonchev–Trinajstić information content (AvgIpc) is 2.99. The molecule has 0 saturated heterocycles. The molecular weight excluding hydrogens is 365 g/mol. The van der Waals surface area contributed by atoms with Gasteiger partial charge < -0.3 is 5.73 Å². The van der Waals surface area contributed by atoms with Crippen LogP contribution in [0, 0.1) is 0 Å². The van der Waals surface area contributed by atoms with E-state index in [9.17, 15) is 0 Å². The second kappa shape index (κ2) is 8.56. The molecule has 2 N–H and O–H groups in total. The molecule has 132 valence electrons. The minimum atomic E-state index is 0. The smallest absolute Gasteiger partial charge is 0.138 e. The Hall–Kier alpha value is -2.75. The number of aromatic nitrogens is 2. The Labute approximate surface area is 165 Å². The zero-order chi connectivity index (χ0) is 16.4. The molecule has 0 spiro atoms. The molecule has 0 radical (unpaired) electrons. The van der Waals surface area contributed by atoms with Crippen molar-refractivity contribution in [2.45, 2.75) is 0 Å². The minimum Gasteiger partial charge on any atom is -0.399 e. The highest BCUT2D eigenvalue weighted by molar-refractivity contribution is 5.86. The predicted molar refractivity (Wildman–Crippen MR) is 115 cm³/mol. The number of hydrogen-bond donors (Lipinski definition) is 1. The van der Waals surface area contributed by atoms with Crippen molar-refractivity contribution in [2.75, 3.05) is 5.73 Å². The summed E-state index contributed by atoms with van der Waals surface area (Å²) >= 11 is 0. The SMILES string of the molecule is Cl.Cl.Nc1ccc2c(c1)nc(/C=C/c1ccccc1)n2-c1ccccc1. The van der Waals surface area contributed by atoms with E-state index in [0.717, 1.165) is 33.8 Å². The highest BCUT2D eigenvalue weighted by atomic mass is 35.5. The highest BCUT2D eigenvalue weighted by Gasteiger charge is 2.10. The van der Waals surface area contributed by atoms with E-state index in [2.05, 4.69) is 34.9 Å². The highest BCUT2D eigenvalue weighted by Crippen LogP contribution is 2.24. The van der Waals surface area contributed by atoms with Crippen LogP contribution in [0.2, 0.25) is 0 Å². The lowest BCUT2D eigenvalue weighted by atomic mass is 10.2. The van der Waals surface area contributed by atoms with Gasteiger partial charge in [-0.05, 0) is 42.0 Å². The number of hydrogen-bond acceptors (Lipinski definition) is 2. The Bertz CT molecular complexity index is 1010. The van der Waals surface area contributed by atoms with E-state index in [1.807, 2.05) is 60.7 Å². The number of benzene rings is 3. The van der Waals surface area contributed by atoms with E-state index in [0.29, 0.717) is 0 Å². The summed E-state index contributed by atoms with van der Waals surface area (Å²) in [5.74, 6) is 0.880. The molecular formula is C21H19Cl2N3. The van der Waals surface area contributed by atoms with Crippen molar-refractivity contribution in [2.24, 2.45) is 0 Å². The van der Waals surface area contributed by atoms with Gasteiger partial charge in [0.15, 0.2) is 0 Å². The summed E-state index contributed by atoms with van der Waals surface area (Å²) in [6.45, 7) is 0. The van der Waals surface area contributed by atoms with Crippen molar-refractivity contribution in [3.63, 3.8) is 0 Å². The Balaban J connectivity index is 0.00000121. The number of fused-ring (bicyclic) bond motifs is 1. The summed E-state index contributed by atoms with van der Waals surface area (Å²) in [7, 11) is 0. The van der Waals surface area contributed by atoms with Crippen LogP contribution in [0.3, 0.4) is 0 Å². The van der Waals surface area contributed by atoms with Crippen molar-refractivity contribution in [3.05, 3.63) is 90.3 Å². The molecule has 0 saturated carbocycles. The molecule has 0 unspecified atom stereocenters. The monoisotopic (exact) mass is 383 g/mol. The number of nitrogens with two attached hydrogens (primary N) is 1. The molecule has 0 atom stereocenters. The Morgan fingerprint density at radius 1 is 0.769 bits per heavy atom. The number of anilines is 1. The lowest BCUT2D eigenvalue weighted by Gasteiger charge is -2.07. The Morgan fingerprint density at radius 3 is 2.12 bits per heavy atom. The first kappa shape index (κ1) is 19.6. The van der Waals surface area contributed by atoms with Crippen LogP contribution >= 0.6 is 24.8 Å². The van der Waals surface area contributed by atoms with Crippen LogP contribution in [0.25, 0.3) is 28.9 Å². The van der Waals surface area contributed by atoms with Gasteiger partial charge in [-0.1, -0.05) is 54.6 Å². The first-order chi connectivity index (χ1) is 11.8. The van der Waals surface area contributed by atoms with Gasteiger partial charge in [-0.3, -0.25) is 4.57 Å². The van der Waals surface area contributed by atoms with E-state index in [-0.39, 0.29) is 24.8 Å². The van der Waals surface area contributed by atoms with Gasteiger partial charge in [-0.2, -0.15) is 0 Å². The van der Waals surface area contributed by atoms with Crippen LogP contribution in [-0.2, 0) is 0 Å². The van der Waals surface area contributed by atoms with Gasteiger partial charge in [-0.25, -0.2) is 4.98 Å². The van der Waals surface area contributed by atoms with Gasteiger partial charge in [0.25, 0.3) is 0 Å². The molecule has 4 rings (SSSR count). The maximum atomic E-state index is 5.92. The molecule has 0 aliphatic carbocycles. The third-order valence-corrected chi connectivity index (χ3v) is 3.94. The van der Waals surface area contributed by atoms with Crippen LogP contribution in [0.5, 0.6) is 0 Å². The van der Waals surface area contributed by atoms with E-state index in [1.165, 1.54) is 0 Å². The third kappa shape index (κ3) is 3.90. The second-order valence-corrected chi connectivity index (χ2v) is 5.63. The molecule has 3 aromatic carbocycles. The second-order valence-electron chi connectivity index (χ2n) is 5.63. The fourth-order valence-corrected chi connectivity index (χ4v) is 2.81. The van der Waals surface area contributed by atoms with Crippen LogP contribution < -0.4 is 5.73 Å². The van der Waals surface area contributed by atoms with Gasteiger partial charge in [-0.15, -0.1) is 24.8 Å². The normalized spacial score (nSPS) is 10.5. The van der Waals surface area contributed by atoms with Crippen molar-refractivity contribution >= 4 is 53.7 Å². The molecule has 5 heteroatoms. The summed E-state index contributed by atoms with van der Waals surface area (Å²) in [6, 6.07) is 26.3. The van der Waals surface area contributed by atoms with Crippen LogP contribution in [0.1, 0.15) is 11.4 Å². The number of para-hydroxylation sites is 1. The van der Waals surface area contributed by atoms with Crippen LogP contribution in [0.4, 0.5) is 5.69 Å². The Morgan fingerprint density at radius 2 is 1.42 bits per heavy atom. The maximum Gasteiger partial charge on any atom is 0.138 e. The number of nitrogen functional groups attached to an aromatic ring is 1. The van der Waals surface area contributed by atoms with Gasteiger partial charge >= 0.3 is 0 Å². The fourth-order valence-electron chi connectivity index (χ4n) is 2.81. The summed E-state index contributed by atoms with van der Waals surface area (Å²) in [5, 5.41) is 0. The third-order valence-electron chi connectivity index (χ3n) is 3.94. The summed E-state index contributed by atoms with van der Waals surface area (Å²) in [6.07, 6.45) is 4.11. The number of halogens is 2. The fraction of sp³-hybridized carbons (Fsp3) is 0. The molecule has 3 nitrogen and oxygen atoms in total. The molecule has 26 heavy (non-hydrogen) atoms. The number of imidazole rings is 1. The van der Waals surface area contributed by atoms with Gasteiger partial charge in [0.2, 0.25) is 0 Å². The van der Waals surface area contributed by atoms with Gasteiger partial charge in [0.05, 0.1) is 11.0 Å². The molecule has 1 heterocycles. The maximum absolute atomic E-state index is 5.92. The average molecular weight is 384 g/mol. The van der Waals surface area contributed by atoms with Crippen molar-refractivity contribution < 1.29 is 0 Å². The predicted octanol–water partition coefficient (Wildman–Crippen LogP) is 5.62. The number of rotatable bonds is 3. The van der Waals surface area contributed by atoms with Gasteiger partial charge in [0, 0.05) is 11.4 Å². The van der Waals surface area contributed by atoms with E-state index >= 15 is 0 Å². The summed E-state index contributed by atoms with van der Waals surface area (Å²) < 4.78 is 2.15. The van der Waals surface area contributed by atoms with Crippen LogP contribution in [0.15, 0.2) is 78.9 Å². The lowest BCUT2D eigenvalue weighted by molar-refractivity contribution is 1.07. The largest absolute Gasteiger partial charge is 0.399 e. The van der Waals surface area contributed by atoms with Crippen molar-refractivity contribution in [1.29, 1.82) is 0 Å². The molecule has 1 aromatic heterocycles. The zero-order valence-corrected chi connectivity index (χ0v) is 15.6. The molecule has 0 fully saturated rings. The quantitative estimate of drug-likeness (QED) is 0.466. The molecule has 0 aliphatic rings. The van der Waals surface area contributed by atoms with E-state index in [4.69, 9.17) is 10.7 Å². The van der Waals surface area contributed by atoms with Gasteiger partial charge in [0.1, 0.15) is 5.82 Å². The van der Waals surface area contributed by atoms with Crippen LogP contribution in [-0.4, -0.2) is 9.55 Å². The lowest BCUT2D eigenvalue weighted by Crippen LogP contribution is -1.96.